The molecular weight excluding hydrogens is 339 g/mol. The number of amides is 1. The van der Waals surface area contributed by atoms with Crippen molar-refractivity contribution in [1.82, 2.24) is 4.98 Å². The summed E-state index contributed by atoms with van der Waals surface area (Å²) in [6.07, 6.45) is 0. The molecule has 1 amide bonds. The largest absolute Gasteiger partial charge is 0.307 e. The molecule has 3 nitrogen and oxygen atoms in total. The average Bonchev–Trinajstić information content (AvgIpc) is 2.27. The number of anilines is 1. The summed E-state index contributed by atoms with van der Waals surface area (Å²) in [5.74, 6) is 0.0940. The summed E-state index contributed by atoms with van der Waals surface area (Å²) in [7, 11) is 0. The monoisotopic (exact) mass is 344 g/mol. The van der Waals surface area contributed by atoms with Crippen LogP contribution in [0.4, 0.5) is 5.82 Å². The summed E-state index contributed by atoms with van der Waals surface area (Å²) >= 11 is 14.9. The fourth-order valence-electron chi connectivity index (χ4n) is 1.35. The highest BCUT2D eigenvalue weighted by Gasteiger charge is 2.08. The molecule has 1 aromatic heterocycles. The molecule has 0 bridgehead atoms. The molecule has 1 heterocycles. The van der Waals surface area contributed by atoms with E-state index < -0.39 is 0 Å². The quantitative estimate of drug-likeness (QED) is 0.819. The van der Waals surface area contributed by atoms with Crippen molar-refractivity contribution in [2.24, 2.45) is 0 Å². The molecule has 0 fully saturated rings. The SMILES string of the molecule is O=C(Nc1cccc(Cl)n1)c1cc(Cl)cc(Br)c1. The molecule has 0 aliphatic heterocycles. The van der Waals surface area contributed by atoms with Gasteiger partial charge in [-0.1, -0.05) is 45.2 Å². The second-order valence-electron chi connectivity index (χ2n) is 3.46. The second-order valence-corrected chi connectivity index (χ2v) is 5.20. The number of hydrogen-bond donors (Lipinski definition) is 1. The Morgan fingerprint density at radius 2 is 2.00 bits per heavy atom. The van der Waals surface area contributed by atoms with Crippen molar-refractivity contribution >= 4 is 50.9 Å². The molecule has 0 saturated carbocycles. The highest BCUT2D eigenvalue weighted by molar-refractivity contribution is 9.10. The summed E-state index contributed by atoms with van der Waals surface area (Å²) < 4.78 is 0.735. The molecule has 0 spiro atoms. The van der Waals surface area contributed by atoms with Gasteiger partial charge in [-0.3, -0.25) is 4.79 Å². The Morgan fingerprint density at radius 1 is 1.22 bits per heavy atom. The molecule has 0 atom stereocenters. The van der Waals surface area contributed by atoms with E-state index in [1.54, 1.807) is 36.4 Å². The van der Waals surface area contributed by atoms with Gasteiger partial charge < -0.3 is 5.32 Å². The van der Waals surface area contributed by atoms with E-state index in [9.17, 15) is 4.79 Å². The van der Waals surface area contributed by atoms with Crippen molar-refractivity contribution in [2.45, 2.75) is 0 Å². The van der Waals surface area contributed by atoms with Crippen LogP contribution in [0, 0.1) is 0 Å². The molecule has 6 heteroatoms. The zero-order chi connectivity index (χ0) is 13.1. The lowest BCUT2D eigenvalue weighted by Crippen LogP contribution is -2.12. The van der Waals surface area contributed by atoms with E-state index in [1.165, 1.54) is 0 Å². The van der Waals surface area contributed by atoms with Crippen LogP contribution in [-0.2, 0) is 0 Å². The lowest BCUT2D eigenvalue weighted by molar-refractivity contribution is 0.102. The Bertz CT molecular complexity index is 584. The minimum atomic E-state index is -0.298. The fourth-order valence-corrected chi connectivity index (χ4v) is 2.38. The van der Waals surface area contributed by atoms with Gasteiger partial charge in [-0.05, 0) is 30.3 Å². The number of nitrogens with zero attached hydrogens (tertiary/aromatic N) is 1. The molecule has 92 valence electrons. The van der Waals surface area contributed by atoms with Crippen molar-refractivity contribution in [3.05, 3.63) is 56.6 Å². The van der Waals surface area contributed by atoms with Gasteiger partial charge in [0, 0.05) is 15.1 Å². The third kappa shape index (κ3) is 3.45. The topological polar surface area (TPSA) is 42.0 Å². The van der Waals surface area contributed by atoms with Crippen LogP contribution in [0.3, 0.4) is 0 Å². The van der Waals surface area contributed by atoms with Gasteiger partial charge in [0.2, 0.25) is 0 Å². The number of carbonyl (C=O) groups excluding carboxylic acids is 1. The van der Waals surface area contributed by atoms with E-state index >= 15 is 0 Å². The first-order chi connectivity index (χ1) is 8.54. The van der Waals surface area contributed by atoms with Gasteiger partial charge in [0.1, 0.15) is 11.0 Å². The standard InChI is InChI=1S/C12H7BrCl2N2O/c13-8-4-7(5-9(14)6-8)12(18)17-11-3-1-2-10(15)16-11/h1-6H,(H,16,17,18). The van der Waals surface area contributed by atoms with Crippen LogP contribution in [0.25, 0.3) is 0 Å². The maximum Gasteiger partial charge on any atom is 0.256 e. The molecular formula is C12H7BrCl2N2O. The van der Waals surface area contributed by atoms with Crippen LogP contribution in [0.2, 0.25) is 10.2 Å². The molecule has 2 aromatic rings. The summed E-state index contributed by atoms with van der Waals surface area (Å²) in [6.45, 7) is 0. The summed E-state index contributed by atoms with van der Waals surface area (Å²) in [6, 6.07) is 9.95. The molecule has 0 unspecified atom stereocenters. The molecule has 0 radical (unpaired) electrons. The van der Waals surface area contributed by atoms with Crippen LogP contribution in [0.5, 0.6) is 0 Å². The van der Waals surface area contributed by atoms with Crippen LogP contribution in [-0.4, -0.2) is 10.9 Å². The number of pyridine rings is 1. The average molecular weight is 346 g/mol. The van der Waals surface area contributed by atoms with Crippen LogP contribution >= 0.6 is 39.1 Å². The van der Waals surface area contributed by atoms with Gasteiger partial charge in [0.15, 0.2) is 0 Å². The number of nitrogens with one attached hydrogen (secondary N) is 1. The number of rotatable bonds is 2. The zero-order valence-corrected chi connectivity index (χ0v) is 12.1. The third-order valence-electron chi connectivity index (χ3n) is 2.08. The van der Waals surface area contributed by atoms with Crippen molar-refractivity contribution in [3.8, 4) is 0 Å². The first-order valence-electron chi connectivity index (χ1n) is 4.94. The van der Waals surface area contributed by atoms with Crippen molar-refractivity contribution in [1.29, 1.82) is 0 Å². The zero-order valence-electron chi connectivity index (χ0n) is 8.95. The first kappa shape index (κ1) is 13.3. The highest BCUT2D eigenvalue weighted by atomic mass is 79.9. The highest BCUT2D eigenvalue weighted by Crippen LogP contribution is 2.20. The minimum absolute atomic E-state index is 0.298. The van der Waals surface area contributed by atoms with E-state index in [0.717, 1.165) is 4.47 Å². The lowest BCUT2D eigenvalue weighted by atomic mass is 10.2. The Balaban J connectivity index is 2.22. The maximum absolute atomic E-state index is 12.0. The van der Waals surface area contributed by atoms with Gasteiger partial charge in [-0.25, -0.2) is 4.98 Å². The fraction of sp³-hybridized carbons (Fsp3) is 0. The van der Waals surface area contributed by atoms with E-state index in [0.29, 0.717) is 21.6 Å². The summed E-state index contributed by atoms with van der Waals surface area (Å²) in [5, 5.41) is 3.44. The molecule has 1 aromatic carbocycles. The number of aromatic nitrogens is 1. The number of hydrogen-bond acceptors (Lipinski definition) is 2. The number of benzene rings is 1. The van der Waals surface area contributed by atoms with Crippen molar-refractivity contribution < 1.29 is 4.79 Å². The Morgan fingerprint density at radius 3 is 2.67 bits per heavy atom. The van der Waals surface area contributed by atoms with Gasteiger partial charge in [-0.2, -0.15) is 0 Å². The minimum Gasteiger partial charge on any atom is -0.307 e. The van der Waals surface area contributed by atoms with E-state index in [2.05, 4.69) is 26.2 Å². The van der Waals surface area contributed by atoms with Crippen LogP contribution in [0.15, 0.2) is 40.9 Å². The summed E-state index contributed by atoms with van der Waals surface area (Å²) in [5.41, 5.74) is 0.441. The molecule has 18 heavy (non-hydrogen) atoms. The van der Waals surface area contributed by atoms with E-state index in [-0.39, 0.29) is 5.91 Å². The molecule has 0 aliphatic rings. The predicted molar refractivity (Wildman–Crippen MR) is 76.4 cm³/mol. The van der Waals surface area contributed by atoms with E-state index in [1.807, 2.05) is 0 Å². The van der Waals surface area contributed by atoms with Crippen molar-refractivity contribution in [3.63, 3.8) is 0 Å². The Labute approximate surface area is 122 Å². The second kappa shape index (κ2) is 5.69. The molecule has 0 saturated heterocycles. The van der Waals surface area contributed by atoms with Gasteiger partial charge in [0.25, 0.3) is 5.91 Å². The number of carbonyl (C=O) groups is 1. The Hall–Kier alpha value is -1.10. The van der Waals surface area contributed by atoms with E-state index in [4.69, 9.17) is 23.2 Å². The van der Waals surface area contributed by atoms with Gasteiger partial charge >= 0.3 is 0 Å². The van der Waals surface area contributed by atoms with Crippen LogP contribution < -0.4 is 5.32 Å². The van der Waals surface area contributed by atoms with Gasteiger partial charge in [0.05, 0.1) is 0 Å². The summed E-state index contributed by atoms with van der Waals surface area (Å²) in [4.78, 5) is 15.9. The van der Waals surface area contributed by atoms with Gasteiger partial charge in [-0.15, -0.1) is 0 Å². The lowest BCUT2D eigenvalue weighted by Gasteiger charge is -2.05. The molecule has 0 aliphatic carbocycles. The predicted octanol–water partition coefficient (Wildman–Crippen LogP) is 4.40. The maximum atomic E-state index is 12.0. The number of halogens is 3. The van der Waals surface area contributed by atoms with Crippen LogP contribution in [0.1, 0.15) is 10.4 Å². The Kier molecular flexibility index (Phi) is 4.22. The molecule has 1 N–H and O–H groups in total. The normalized spacial score (nSPS) is 10.2. The van der Waals surface area contributed by atoms with Crippen molar-refractivity contribution in [2.75, 3.05) is 5.32 Å². The first-order valence-corrected chi connectivity index (χ1v) is 6.49. The smallest absolute Gasteiger partial charge is 0.256 e. The molecule has 2 rings (SSSR count). The third-order valence-corrected chi connectivity index (χ3v) is 2.97.